The molecule has 2 aliphatic heterocycles. The van der Waals surface area contributed by atoms with Crippen molar-refractivity contribution in [2.45, 2.75) is 31.3 Å². The van der Waals surface area contributed by atoms with E-state index < -0.39 is 5.54 Å². The fraction of sp³-hybridized carbons (Fsp3) is 0.444. The quantitative estimate of drug-likeness (QED) is 0.523. The molecule has 36 heavy (non-hydrogen) atoms. The van der Waals surface area contributed by atoms with Gasteiger partial charge in [-0.1, -0.05) is 48.5 Å². The van der Waals surface area contributed by atoms with E-state index in [1.807, 2.05) is 60.7 Å². The van der Waals surface area contributed by atoms with Gasteiger partial charge in [-0.3, -0.25) is 9.59 Å². The first-order valence-electron chi connectivity index (χ1n) is 12.5. The molecule has 9 heteroatoms. The summed E-state index contributed by atoms with van der Waals surface area (Å²) in [6, 6.07) is 19.5. The van der Waals surface area contributed by atoms with Crippen LogP contribution >= 0.6 is 0 Å². The van der Waals surface area contributed by atoms with Crippen LogP contribution in [0.4, 0.5) is 10.5 Å². The molecule has 2 aliphatic rings. The summed E-state index contributed by atoms with van der Waals surface area (Å²) in [5.41, 5.74) is 1.21. The van der Waals surface area contributed by atoms with E-state index in [-0.39, 0.29) is 24.4 Å². The van der Waals surface area contributed by atoms with Gasteiger partial charge in [-0.05, 0) is 37.0 Å². The van der Waals surface area contributed by atoms with E-state index >= 15 is 0 Å². The van der Waals surface area contributed by atoms with Crippen molar-refractivity contribution < 1.29 is 19.1 Å². The molecule has 0 aliphatic carbocycles. The van der Waals surface area contributed by atoms with Crippen molar-refractivity contribution in [2.75, 3.05) is 51.5 Å². The first kappa shape index (κ1) is 25.5. The van der Waals surface area contributed by atoms with Crippen molar-refractivity contribution >= 4 is 23.5 Å². The normalized spacial score (nSPS) is 16.9. The average Bonchev–Trinajstić information content (AvgIpc) is 3.17. The van der Waals surface area contributed by atoms with Crippen LogP contribution in [0.2, 0.25) is 0 Å². The van der Waals surface area contributed by atoms with E-state index in [2.05, 4.69) is 15.5 Å². The predicted octanol–water partition coefficient (Wildman–Crippen LogP) is 2.19. The van der Waals surface area contributed by atoms with E-state index in [9.17, 15) is 14.4 Å². The SMILES string of the molecule is COCCCNC(=O)CN1CN(c2ccccc2)C2(CCN(C(=O)NCc3ccccc3)CC2)C1=O. The number of hydrogen-bond acceptors (Lipinski definition) is 5. The van der Waals surface area contributed by atoms with Crippen LogP contribution in [-0.4, -0.2) is 79.7 Å². The Labute approximate surface area is 212 Å². The number of rotatable bonds is 9. The molecule has 2 aromatic carbocycles. The molecule has 1 spiro atoms. The average molecular weight is 494 g/mol. The van der Waals surface area contributed by atoms with Gasteiger partial charge in [-0.2, -0.15) is 0 Å². The van der Waals surface area contributed by atoms with Crippen LogP contribution in [0.15, 0.2) is 60.7 Å². The predicted molar refractivity (Wildman–Crippen MR) is 137 cm³/mol. The maximum atomic E-state index is 13.7. The summed E-state index contributed by atoms with van der Waals surface area (Å²) < 4.78 is 5.02. The Morgan fingerprint density at radius 3 is 2.31 bits per heavy atom. The van der Waals surface area contributed by atoms with Gasteiger partial charge in [0.15, 0.2) is 0 Å². The van der Waals surface area contributed by atoms with Crippen molar-refractivity contribution in [3.63, 3.8) is 0 Å². The van der Waals surface area contributed by atoms with Gasteiger partial charge >= 0.3 is 6.03 Å². The van der Waals surface area contributed by atoms with E-state index in [4.69, 9.17) is 4.74 Å². The van der Waals surface area contributed by atoms with Crippen LogP contribution in [0.25, 0.3) is 0 Å². The fourth-order valence-corrected chi connectivity index (χ4v) is 4.96. The lowest BCUT2D eigenvalue weighted by molar-refractivity contribution is -0.137. The highest BCUT2D eigenvalue weighted by atomic mass is 16.5. The lowest BCUT2D eigenvalue weighted by Gasteiger charge is -2.43. The minimum absolute atomic E-state index is 0.0121. The second-order valence-electron chi connectivity index (χ2n) is 9.27. The molecule has 4 rings (SSSR count). The number of urea groups is 1. The maximum Gasteiger partial charge on any atom is 0.317 e. The second kappa shape index (κ2) is 11.9. The van der Waals surface area contributed by atoms with Gasteiger partial charge in [0.25, 0.3) is 5.91 Å². The Kier molecular flexibility index (Phi) is 8.43. The Morgan fingerprint density at radius 1 is 0.972 bits per heavy atom. The van der Waals surface area contributed by atoms with E-state index in [1.54, 1.807) is 16.9 Å². The van der Waals surface area contributed by atoms with Gasteiger partial charge in [0.2, 0.25) is 5.91 Å². The van der Waals surface area contributed by atoms with Crippen molar-refractivity contribution in [1.82, 2.24) is 20.4 Å². The summed E-state index contributed by atoms with van der Waals surface area (Å²) in [4.78, 5) is 44.6. The summed E-state index contributed by atoms with van der Waals surface area (Å²) in [6.45, 7) is 2.83. The number of amides is 4. The van der Waals surface area contributed by atoms with E-state index in [0.29, 0.717) is 52.3 Å². The van der Waals surface area contributed by atoms with Crippen molar-refractivity contribution in [1.29, 1.82) is 0 Å². The number of benzene rings is 2. The molecule has 2 N–H and O–H groups in total. The van der Waals surface area contributed by atoms with Gasteiger partial charge in [0.1, 0.15) is 12.1 Å². The fourth-order valence-electron chi connectivity index (χ4n) is 4.96. The summed E-state index contributed by atoms with van der Waals surface area (Å²) in [5, 5.41) is 5.85. The van der Waals surface area contributed by atoms with Crippen LogP contribution in [0.5, 0.6) is 0 Å². The monoisotopic (exact) mass is 493 g/mol. The van der Waals surface area contributed by atoms with Gasteiger partial charge < -0.3 is 30.1 Å². The van der Waals surface area contributed by atoms with Gasteiger partial charge in [-0.15, -0.1) is 0 Å². The molecule has 9 nitrogen and oxygen atoms in total. The first-order chi connectivity index (χ1) is 17.5. The molecular formula is C27H35N5O4. The van der Waals surface area contributed by atoms with Gasteiger partial charge in [0.05, 0.1) is 6.67 Å². The Balaban J connectivity index is 1.41. The number of carbonyl (C=O) groups excluding carboxylic acids is 3. The van der Waals surface area contributed by atoms with Gasteiger partial charge in [-0.25, -0.2) is 4.79 Å². The number of likely N-dealkylation sites (tertiary alicyclic amines) is 1. The van der Waals surface area contributed by atoms with Crippen LogP contribution in [0, 0.1) is 0 Å². The minimum atomic E-state index is -0.770. The Morgan fingerprint density at radius 2 is 1.64 bits per heavy atom. The van der Waals surface area contributed by atoms with Crippen LogP contribution < -0.4 is 15.5 Å². The third-order valence-electron chi connectivity index (χ3n) is 6.93. The molecule has 192 valence electrons. The van der Waals surface area contributed by atoms with E-state index in [1.165, 1.54) is 0 Å². The number of para-hydroxylation sites is 1. The number of nitrogens with zero attached hydrogens (tertiary/aromatic N) is 3. The molecule has 2 fully saturated rings. The maximum absolute atomic E-state index is 13.7. The highest BCUT2D eigenvalue weighted by molar-refractivity contribution is 5.96. The summed E-state index contributed by atoms with van der Waals surface area (Å²) in [6.07, 6.45) is 1.73. The molecule has 0 saturated carbocycles. The minimum Gasteiger partial charge on any atom is -0.385 e. The molecule has 2 saturated heterocycles. The van der Waals surface area contributed by atoms with Crippen molar-refractivity contribution in [3.8, 4) is 0 Å². The Bertz CT molecular complexity index is 1020. The van der Waals surface area contributed by atoms with Crippen LogP contribution in [-0.2, 0) is 20.9 Å². The zero-order chi connectivity index (χ0) is 25.4. The number of anilines is 1. The topological polar surface area (TPSA) is 94.2 Å². The summed E-state index contributed by atoms with van der Waals surface area (Å²) >= 11 is 0. The Hall–Kier alpha value is -3.59. The molecule has 4 amide bonds. The number of methoxy groups -OCH3 is 1. The third-order valence-corrected chi connectivity index (χ3v) is 6.93. The lowest BCUT2D eigenvalue weighted by atomic mass is 9.85. The van der Waals surface area contributed by atoms with Crippen LogP contribution in [0.1, 0.15) is 24.8 Å². The molecule has 0 aromatic heterocycles. The summed E-state index contributed by atoms with van der Waals surface area (Å²) in [5.74, 6) is -0.232. The number of ether oxygens (including phenoxy) is 1. The largest absolute Gasteiger partial charge is 0.385 e. The molecule has 0 unspecified atom stereocenters. The molecule has 2 heterocycles. The zero-order valence-electron chi connectivity index (χ0n) is 20.8. The highest BCUT2D eigenvalue weighted by Gasteiger charge is 2.54. The van der Waals surface area contributed by atoms with Crippen LogP contribution in [0.3, 0.4) is 0 Å². The molecular weight excluding hydrogens is 458 g/mol. The smallest absolute Gasteiger partial charge is 0.317 e. The van der Waals surface area contributed by atoms with Gasteiger partial charge in [0, 0.05) is 45.6 Å². The first-order valence-corrected chi connectivity index (χ1v) is 12.5. The lowest BCUT2D eigenvalue weighted by Crippen LogP contribution is -2.58. The molecule has 0 radical (unpaired) electrons. The number of nitrogens with one attached hydrogen (secondary N) is 2. The third kappa shape index (κ3) is 5.79. The molecule has 0 bridgehead atoms. The van der Waals surface area contributed by atoms with E-state index in [0.717, 1.165) is 17.7 Å². The zero-order valence-corrected chi connectivity index (χ0v) is 20.8. The highest BCUT2D eigenvalue weighted by Crippen LogP contribution is 2.39. The summed E-state index contributed by atoms with van der Waals surface area (Å²) in [7, 11) is 1.63. The molecule has 2 aromatic rings. The van der Waals surface area contributed by atoms with Crippen molar-refractivity contribution in [3.05, 3.63) is 66.2 Å². The van der Waals surface area contributed by atoms with Crippen molar-refractivity contribution in [2.24, 2.45) is 0 Å². The number of carbonyl (C=O) groups is 3. The number of hydrogen-bond donors (Lipinski definition) is 2. The second-order valence-corrected chi connectivity index (χ2v) is 9.27. The number of piperidine rings is 1. The standard InChI is InChI=1S/C27H35N5O4/c1-36-18-8-15-28-24(33)20-31-21-32(23-11-6-3-7-12-23)27(25(31)34)13-16-30(17-14-27)26(35)29-19-22-9-4-2-5-10-22/h2-7,9-12H,8,13-21H2,1H3,(H,28,33)(H,29,35). The molecule has 0 atom stereocenters.